The Morgan fingerprint density at radius 1 is 1.25 bits per heavy atom. The van der Waals surface area contributed by atoms with E-state index in [9.17, 15) is 14.4 Å². The molecule has 0 N–H and O–H groups in total. The van der Waals surface area contributed by atoms with Gasteiger partial charge in [0.2, 0.25) is 5.91 Å². The van der Waals surface area contributed by atoms with E-state index in [1.807, 2.05) is 6.92 Å². The lowest BCUT2D eigenvalue weighted by atomic mass is 10.2. The molecule has 0 radical (unpaired) electrons. The summed E-state index contributed by atoms with van der Waals surface area (Å²) < 4.78 is 16.0. The summed E-state index contributed by atoms with van der Waals surface area (Å²) in [6.45, 7) is 4.00. The first-order valence-corrected chi connectivity index (χ1v) is 9.77. The van der Waals surface area contributed by atoms with Crippen molar-refractivity contribution >= 4 is 34.9 Å². The molecule has 8 nitrogen and oxygen atoms in total. The summed E-state index contributed by atoms with van der Waals surface area (Å²) in [5.74, 6) is 0.419. The second kappa shape index (κ2) is 9.11. The van der Waals surface area contributed by atoms with Crippen LogP contribution >= 0.6 is 11.8 Å². The fraction of sp³-hybridized carbons (Fsp3) is 0.421. The number of ether oxygens (including phenoxy) is 3. The summed E-state index contributed by atoms with van der Waals surface area (Å²) >= 11 is 0.824. The van der Waals surface area contributed by atoms with E-state index in [-0.39, 0.29) is 17.4 Å². The van der Waals surface area contributed by atoms with Gasteiger partial charge in [0, 0.05) is 13.1 Å². The first kappa shape index (κ1) is 20.2. The van der Waals surface area contributed by atoms with E-state index in [1.165, 1.54) is 7.11 Å². The minimum atomic E-state index is -0.468. The zero-order chi connectivity index (χ0) is 20.1. The molecule has 2 fully saturated rings. The van der Waals surface area contributed by atoms with Crippen molar-refractivity contribution in [3.63, 3.8) is 0 Å². The van der Waals surface area contributed by atoms with Crippen molar-refractivity contribution in [2.45, 2.75) is 6.92 Å². The third-order valence-corrected chi connectivity index (χ3v) is 5.22. The molecule has 0 unspecified atom stereocenters. The van der Waals surface area contributed by atoms with Crippen LogP contribution in [0.5, 0.6) is 11.5 Å². The lowest BCUT2D eigenvalue weighted by Gasteiger charge is -2.28. The van der Waals surface area contributed by atoms with Crippen molar-refractivity contribution in [2.24, 2.45) is 0 Å². The van der Waals surface area contributed by atoms with Gasteiger partial charge in [-0.25, -0.2) is 0 Å². The molecule has 1 aromatic rings. The predicted molar refractivity (Wildman–Crippen MR) is 104 cm³/mol. The number of benzene rings is 1. The van der Waals surface area contributed by atoms with Gasteiger partial charge >= 0.3 is 0 Å². The van der Waals surface area contributed by atoms with Gasteiger partial charge in [0.25, 0.3) is 11.1 Å². The highest BCUT2D eigenvalue weighted by atomic mass is 32.2. The molecule has 2 aliphatic rings. The second-order valence-corrected chi connectivity index (χ2v) is 7.10. The van der Waals surface area contributed by atoms with Crippen molar-refractivity contribution in [3.8, 4) is 11.5 Å². The first-order chi connectivity index (χ1) is 13.5. The normalized spacial score (nSPS) is 18.7. The Morgan fingerprint density at radius 3 is 2.68 bits per heavy atom. The Morgan fingerprint density at radius 2 is 2.00 bits per heavy atom. The molecule has 2 saturated heterocycles. The number of carbonyl (C=O) groups is 3. The minimum absolute atomic E-state index is 0.255. The van der Waals surface area contributed by atoms with Crippen LogP contribution in [0.3, 0.4) is 0 Å². The highest BCUT2D eigenvalue weighted by Gasteiger charge is 2.37. The van der Waals surface area contributed by atoms with E-state index in [0.717, 1.165) is 16.7 Å². The summed E-state index contributed by atoms with van der Waals surface area (Å²) in [7, 11) is 1.53. The Balaban J connectivity index is 1.72. The zero-order valence-corrected chi connectivity index (χ0v) is 16.6. The van der Waals surface area contributed by atoms with Crippen molar-refractivity contribution in [1.82, 2.24) is 9.80 Å². The highest BCUT2D eigenvalue weighted by molar-refractivity contribution is 8.18. The summed E-state index contributed by atoms with van der Waals surface area (Å²) in [5.41, 5.74) is 0.699. The van der Waals surface area contributed by atoms with Crippen LogP contribution in [0.25, 0.3) is 6.08 Å². The van der Waals surface area contributed by atoms with Crippen LogP contribution < -0.4 is 9.47 Å². The Bertz CT molecular complexity index is 804. The zero-order valence-electron chi connectivity index (χ0n) is 15.8. The summed E-state index contributed by atoms with van der Waals surface area (Å²) in [5, 5.41) is -0.448. The van der Waals surface area contributed by atoms with Crippen LogP contribution in [0.4, 0.5) is 4.79 Å². The van der Waals surface area contributed by atoms with Crippen LogP contribution in [0.15, 0.2) is 23.1 Å². The van der Waals surface area contributed by atoms with Crippen LogP contribution in [0, 0.1) is 0 Å². The average molecular weight is 406 g/mol. The highest BCUT2D eigenvalue weighted by Crippen LogP contribution is 2.34. The van der Waals surface area contributed by atoms with Crippen LogP contribution in [0.1, 0.15) is 12.5 Å². The van der Waals surface area contributed by atoms with Crippen LogP contribution in [0.2, 0.25) is 0 Å². The number of hydrogen-bond donors (Lipinski definition) is 0. The monoisotopic (exact) mass is 406 g/mol. The molecular weight excluding hydrogens is 384 g/mol. The van der Waals surface area contributed by atoms with Gasteiger partial charge in [0.1, 0.15) is 6.54 Å². The molecule has 9 heteroatoms. The van der Waals surface area contributed by atoms with E-state index in [0.29, 0.717) is 50.0 Å². The number of nitrogens with zero attached hydrogens (tertiary/aromatic N) is 2. The molecule has 150 valence electrons. The van der Waals surface area contributed by atoms with Crippen LogP contribution in [-0.2, 0) is 14.3 Å². The molecule has 0 saturated carbocycles. The smallest absolute Gasteiger partial charge is 0.294 e. The molecule has 0 aliphatic carbocycles. The van der Waals surface area contributed by atoms with Gasteiger partial charge in [-0.3, -0.25) is 19.3 Å². The predicted octanol–water partition coefficient (Wildman–Crippen LogP) is 1.99. The molecule has 0 bridgehead atoms. The number of amides is 3. The Kier molecular flexibility index (Phi) is 6.58. The van der Waals surface area contributed by atoms with Gasteiger partial charge in [0.05, 0.1) is 31.8 Å². The SMILES string of the molecule is CCOc1ccc(/C=C2\SC(=O)N(CC(=O)N3CCOCC3)C2=O)cc1OC. The maximum Gasteiger partial charge on any atom is 0.294 e. The summed E-state index contributed by atoms with van der Waals surface area (Å²) in [4.78, 5) is 40.1. The molecule has 0 atom stereocenters. The molecule has 0 spiro atoms. The molecule has 3 rings (SSSR count). The van der Waals surface area contributed by atoms with Gasteiger partial charge in [-0.15, -0.1) is 0 Å². The molecular formula is C19H22N2O6S. The number of morpholine rings is 1. The number of imide groups is 1. The maximum absolute atomic E-state index is 12.6. The summed E-state index contributed by atoms with van der Waals surface area (Å²) in [6.07, 6.45) is 1.61. The Labute approximate surface area is 167 Å². The van der Waals surface area contributed by atoms with E-state index >= 15 is 0 Å². The quantitative estimate of drug-likeness (QED) is 0.668. The standard InChI is InChI=1S/C19H22N2O6S/c1-3-27-14-5-4-13(10-15(14)25-2)11-16-18(23)21(19(24)28-16)12-17(22)20-6-8-26-9-7-20/h4-5,10-11H,3,6-9,12H2,1-2H3/b16-11-. The number of carbonyl (C=O) groups excluding carboxylic acids is 3. The lowest BCUT2D eigenvalue weighted by molar-refractivity contribution is -0.139. The van der Waals surface area contributed by atoms with Gasteiger partial charge in [0.15, 0.2) is 11.5 Å². The van der Waals surface area contributed by atoms with Crippen molar-refractivity contribution in [2.75, 3.05) is 46.6 Å². The van der Waals surface area contributed by atoms with Gasteiger partial charge in [-0.1, -0.05) is 6.07 Å². The van der Waals surface area contributed by atoms with E-state index in [1.54, 1.807) is 29.2 Å². The van der Waals surface area contributed by atoms with E-state index in [2.05, 4.69) is 0 Å². The number of thioether (sulfide) groups is 1. The van der Waals surface area contributed by atoms with E-state index in [4.69, 9.17) is 14.2 Å². The fourth-order valence-electron chi connectivity index (χ4n) is 2.88. The van der Waals surface area contributed by atoms with E-state index < -0.39 is 11.1 Å². The molecule has 28 heavy (non-hydrogen) atoms. The van der Waals surface area contributed by atoms with Crippen molar-refractivity contribution in [3.05, 3.63) is 28.7 Å². The second-order valence-electron chi connectivity index (χ2n) is 6.10. The minimum Gasteiger partial charge on any atom is -0.493 e. The van der Waals surface area contributed by atoms with Gasteiger partial charge in [-0.2, -0.15) is 0 Å². The third-order valence-electron chi connectivity index (χ3n) is 4.32. The molecule has 0 aromatic heterocycles. The Hall–Kier alpha value is -2.52. The van der Waals surface area contributed by atoms with Gasteiger partial charge < -0.3 is 19.1 Å². The summed E-state index contributed by atoms with van der Waals surface area (Å²) in [6, 6.07) is 5.26. The largest absolute Gasteiger partial charge is 0.493 e. The lowest BCUT2D eigenvalue weighted by Crippen LogP contribution is -2.46. The van der Waals surface area contributed by atoms with Crippen LogP contribution in [-0.4, -0.2) is 73.4 Å². The number of hydrogen-bond acceptors (Lipinski definition) is 7. The first-order valence-electron chi connectivity index (χ1n) is 8.95. The molecule has 3 amide bonds. The molecule has 1 aromatic carbocycles. The molecule has 2 heterocycles. The molecule has 2 aliphatic heterocycles. The third kappa shape index (κ3) is 4.48. The number of rotatable bonds is 6. The topological polar surface area (TPSA) is 85.4 Å². The number of methoxy groups -OCH3 is 1. The fourth-order valence-corrected chi connectivity index (χ4v) is 3.72. The maximum atomic E-state index is 12.6. The van der Waals surface area contributed by atoms with Crippen molar-refractivity contribution < 1.29 is 28.6 Å². The van der Waals surface area contributed by atoms with Gasteiger partial charge in [-0.05, 0) is 42.5 Å². The van der Waals surface area contributed by atoms with Crippen molar-refractivity contribution in [1.29, 1.82) is 0 Å². The average Bonchev–Trinajstić information content (AvgIpc) is 2.97.